The summed E-state index contributed by atoms with van der Waals surface area (Å²) in [5.74, 6) is 0.694. The van der Waals surface area contributed by atoms with E-state index in [0.29, 0.717) is 10.8 Å². The molecule has 3 rings (SSSR count). The summed E-state index contributed by atoms with van der Waals surface area (Å²) < 4.78 is 32.5. The maximum absolute atomic E-state index is 12.7. The predicted molar refractivity (Wildman–Crippen MR) is 101 cm³/mol. The van der Waals surface area contributed by atoms with E-state index in [1.165, 1.54) is 22.5 Å². The fourth-order valence-corrected chi connectivity index (χ4v) is 5.29. The summed E-state index contributed by atoms with van der Waals surface area (Å²) in [5.41, 5.74) is 0.436. The fourth-order valence-electron chi connectivity index (χ4n) is 2.87. The molecule has 1 heterocycles. The zero-order valence-electron chi connectivity index (χ0n) is 14.2. The molecule has 1 saturated heterocycles. The van der Waals surface area contributed by atoms with E-state index in [-0.39, 0.29) is 36.2 Å². The zero-order chi connectivity index (χ0) is 18.9. The number of hydrogen-bond donors (Lipinski definition) is 1. The van der Waals surface area contributed by atoms with Gasteiger partial charge in [0.2, 0.25) is 10.0 Å². The first-order chi connectivity index (χ1) is 12.3. The van der Waals surface area contributed by atoms with Gasteiger partial charge in [0.05, 0.1) is 23.7 Å². The van der Waals surface area contributed by atoms with Crippen LogP contribution >= 0.6 is 23.2 Å². The van der Waals surface area contributed by atoms with Gasteiger partial charge in [0.25, 0.3) is 0 Å². The molecule has 0 amide bonds. The van der Waals surface area contributed by atoms with Crippen LogP contribution in [0.25, 0.3) is 0 Å². The third-order valence-electron chi connectivity index (χ3n) is 4.41. The summed E-state index contributed by atoms with van der Waals surface area (Å²) in [6.07, 6.45) is 0. The predicted octanol–water partition coefficient (Wildman–Crippen LogP) is 3.36. The average molecular weight is 416 g/mol. The average Bonchev–Trinajstić information content (AvgIpc) is 2.53. The van der Waals surface area contributed by atoms with Crippen LogP contribution in [-0.4, -0.2) is 44.1 Å². The molecule has 0 radical (unpaired) electrons. The Morgan fingerprint density at radius 2 is 1.92 bits per heavy atom. The Hall–Kier alpha value is -1.31. The maximum atomic E-state index is 12.7. The topological polar surface area (TPSA) is 66.8 Å². The van der Waals surface area contributed by atoms with Crippen molar-refractivity contribution in [3.63, 3.8) is 0 Å². The number of aliphatic hydroxyl groups is 1. The van der Waals surface area contributed by atoms with Gasteiger partial charge in [-0.25, -0.2) is 8.42 Å². The molecule has 5 nitrogen and oxygen atoms in total. The van der Waals surface area contributed by atoms with Gasteiger partial charge >= 0.3 is 0 Å². The van der Waals surface area contributed by atoms with Gasteiger partial charge < -0.3 is 9.84 Å². The summed E-state index contributed by atoms with van der Waals surface area (Å²) in [4.78, 5) is 0.00899. The van der Waals surface area contributed by atoms with Gasteiger partial charge in [-0.2, -0.15) is 4.31 Å². The Labute approximate surface area is 163 Å². The highest BCUT2D eigenvalue weighted by molar-refractivity contribution is 7.89. The van der Waals surface area contributed by atoms with Crippen LogP contribution in [0.4, 0.5) is 0 Å². The smallest absolute Gasteiger partial charge is 0.244 e. The molecule has 140 valence electrons. The van der Waals surface area contributed by atoms with E-state index in [1.807, 2.05) is 31.2 Å². The van der Waals surface area contributed by atoms with Crippen LogP contribution < -0.4 is 4.74 Å². The lowest BCUT2D eigenvalue weighted by Gasteiger charge is -2.47. The molecule has 2 aromatic rings. The van der Waals surface area contributed by atoms with Crippen LogP contribution in [-0.2, 0) is 10.0 Å². The van der Waals surface area contributed by atoms with Crippen molar-refractivity contribution < 1.29 is 18.3 Å². The summed E-state index contributed by atoms with van der Waals surface area (Å²) in [6.45, 7) is 2.35. The second-order valence-corrected chi connectivity index (χ2v) is 9.36. The largest absolute Gasteiger partial charge is 0.493 e. The van der Waals surface area contributed by atoms with Crippen molar-refractivity contribution in [3.8, 4) is 5.75 Å². The Balaban J connectivity index is 1.70. The Kier molecular flexibility index (Phi) is 5.51. The second kappa shape index (κ2) is 7.37. The van der Waals surface area contributed by atoms with E-state index < -0.39 is 15.4 Å². The third-order valence-corrected chi connectivity index (χ3v) is 6.91. The van der Waals surface area contributed by atoms with E-state index >= 15 is 0 Å². The normalized spacial score (nSPS) is 16.9. The number of rotatable bonds is 6. The standard InChI is InChI=1S/C18H19Cl2NO4S/c1-13-3-2-4-15(7-13)25-12-18(11-22)9-21(10-18)26(23,24)17-6-5-14(19)8-16(17)20/h2-8,22H,9-12H2,1H3. The Morgan fingerprint density at radius 3 is 2.54 bits per heavy atom. The highest BCUT2D eigenvalue weighted by Crippen LogP contribution is 2.37. The summed E-state index contributed by atoms with van der Waals surface area (Å²) >= 11 is 11.9. The number of ether oxygens (including phenoxy) is 1. The molecule has 0 atom stereocenters. The van der Waals surface area contributed by atoms with E-state index in [1.54, 1.807) is 0 Å². The summed E-state index contributed by atoms with van der Waals surface area (Å²) in [6, 6.07) is 11.8. The minimum absolute atomic E-state index is 0.00899. The first kappa shape index (κ1) is 19.5. The number of benzene rings is 2. The van der Waals surface area contributed by atoms with E-state index in [2.05, 4.69) is 0 Å². The van der Waals surface area contributed by atoms with Gasteiger partial charge in [0.15, 0.2) is 0 Å². The Bertz CT molecular complexity index is 911. The van der Waals surface area contributed by atoms with Crippen LogP contribution in [0.3, 0.4) is 0 Å². The zero-order valence-corrected chi connectivity index (χ0v) is 16.5. The SMILES string of the molecule is Cc1cccc(OCC2(CO)CN(S(=O)(=O)c3ccc(Cl)cc3Cl)C2)c1. The molecule has 0 bridgehead atoms. The maximum Gasteiger partial charge on any atom is 0.244 e. The first-order valence-corrected chi connectivity index (χ1v) is 10.2. The van der Waals surface area contributed by atoms with E-state index in [0.717, 1.165) is 5.56 Å². The molecule has 2 aromatic carbocycles. The van der Waals surface area contributed by atoms with Gasteiger partial charge in [0, 0.05) is 18.1 Å². The molecule has 8 heteroatoms. The number of aryl methyl sites for hydroxylation is 1. The number of aliphatic hydroxyl groups excluding tert-OH is 1. The monoisotopic (exact) mass is 415 g/mol. The van der Waals surface area contributed by atoms with Crippen molar-refractivity contribution in [3.05, 3.63) is 58.1 Å². The van der Waals surface area contributed by atoms with Crippen molar-refractivity contribution in [1.29, 1.82) is 0 Å². The molecule has 0 aromatic heterocycles. The lowest BCUT2D eigenvalue weighted by Crippen LogP contribution is -2.62. The molecule has 26 heavy (non-hydrogen) atoms. The highest BCUT2D eigenvalue weighted by Gasteiger charge is 2.49. The fraction of sp³-hybridized carbons (Fsp3) is 0.333. The lowest BCUT2D eigenvalue weighted by molar-refractivity contribution is -0.0272. The molecule has 0 saturated carbocycles. The minimum Gasteiger partial charge on any atom is -0.493 e. The van der Waals surface area contributed by atoms with Crippen molar-refractivity contribution in [1.82, 2.24) is 4.31 Å². The second-order valence-electron chi connectivity index (χ2n) is 6.61. The molecule has 0 aliphatic carbocycles. The molecule has 1 aliphatic rings. The Morgan fingerprint density at radius 1 is 1.19 bits per heavy atom. The van der Waals surface area contributed by atoms with Crippen molar-refractivity contribution >= 4 is 33.2 Å². The number of hydrogen-bond acceptors (Lipinski definition) is 4. The van der Waals surface area contributed by atoms with E-state index in [4.69, 9.17) is 27.9 Å². The molecule has 0 unspecified atom stereocenters. The van der Waals surface area contributed by atoms with Crippen molar-refractivity contribution in [2.24, 2.45) is 5.41 Å². The number of halogens is 2. The van der Waals surface area contributed by atoms with Gasteiger partial charge in [-0.15, -0.1) is 0 Å². The van der Waals surface area contributed by atoms with Crippen LogP contribution in [0.2, 0.25) is 10.0 Å². The molecule has 1 fully saturated rings. The van der Waals surface area contributed by atoms with Gasteiger partial charge in [0.1, 0.15) is 10.6 Å². The van der Waals surface area contributed by atoms with Crippen LogP contribution in [0.5, 0.6) is 5.75 Å². The molecular weight excluding hydrogens is 397 g/mol. The molecule has 0 spiro atoms. The van der Waals surface area contributed by atoms with Gasteiger partial charge in [-0.05, 0) is 42.8 Å². The molecule has 1 N–H and O–H groups in total. The molecular formula is C18H19Cl2NO4S. The summed E-state index contributed by atoms with van der Waals surface area (Å²) in [5, 5.41) is 10.2. The highest BCUT2D eigenvalue weighted by atomic mass is 35.5. The number of nitrogens with zero attached hydrogens (tertiary/aromatic N) is 1. The van der Waals surface area contributed by atoms with Crippen LogP contribution in [0, 0.1) is 12.3 Å². The number of sulfonamides is 1. The van der Waals surface area contributed by atoms with Crippen LogP contribution in [0.1, 0.15) is 5.56 Å². The van der Waals surface area contributed by atoms with Crippen LogP contribution in [0.15, 0.2) is 47.4 Å². The molecule has 1 aliphatic heterocycles. The first-order valence-electron chi connectivity index (χ1n) is 8.01. The van der Waals surface area contributed by atoms with Gasteiger partial charge in [-0.1, -0.05) is 35.3 Å². The van der Waals surface area contributed by atoms with E-state index in [9.17, 15) is 13.5 Å². The van der Waals surface area contributed by atoms with Crippen molar-refractivity contribution in [2.75, 3.05) is 26.3 Å². The van der Waals surface area contributed by atoms with Crippen molar-refractivity contribution in [2.45, 2.75) is 11.8 Å². The quantitative estimate of drug-likeness (QED) is 0.784. The minimum atomic E-state index is -3.74. The third kappa shape index (κ3) is 3.85. The lowest BCUT2D eigenvalue weighted by atomic mass is 9.83. The van der Waals surface area contributed by atoms with Gasteiger partial charge in [-0.3, -0.25) is 0 Å². The summed E-state index contributed by atoms with van der Waals surface area (Å²) in [7, 11) is -3.74.